The maximum Gasteiger partial charge on any atom is 0.227 e. The zero-order valence-corrected chi connectivity index (χ0v) is 16.2. The fourth-order valence-electron chi connectivity index (χ4n) is 3.56. The Hall–Kier alpha value is -0.960. The molecule has 0 bridgehead atoms. The van der Waals surface area contributed by atoms with Gasteiger partial charge < -0.3 is 14.4 Å². The van der Waals surface area contributed by atoms with Gasteiger partial charge in [-0.2, -0.15) is 0 Å². The lowest BCUT2D eigenvalue weighted by Gasteiger charge is -2.32. The minimum absolute atomic E-state index is 0.146. The van der Waals surface area contributed by atoms with Crippen LogP contribution in [0.15, 0.2) is 11.4 Å². The van der Waals surface area contributed by atoms with Crippen LogP contribution in [0, 0.1) is 5.92 Å². The molecule has 1 aromatic rings. The highest BCUT2D eigenvalue weighted by molar-refractivity contribution is 7.90. The molecule has 1 saturated heterocycles. The second-order valence-corrected chi connectivity index (χ2v) is 8.82. The second kappa shape index (κ2) is 9.66. The number of aliphatic hydroxyl groups excluding tert-OH is 1. The van der Waals surface area contributed by atoms with Crippen molar-refractivity contribution in [3.63, 3.8) is 0 Å². The van der Waals surface area contributed by atoms with E-state index in [-0.39, 0.29) is 11.8 Å². The molecule has 0 aromatic carbocycles. The third kappa shape index (κ3) is 6.06. The first kappa shape index (κ1) is 20.4. The zero-order chi connectivity index (χ0) is 18.3. The van der Waals surface area contributed by atoms with Gasteiger partial charge in [-0.1, -0.05) is 0 Å². The average molecular weight is 374 g/mol. The van der Waals surface area contributed by atoms with E-state index in [4.69, 9.17) is 9.84 Å². The van der Waals surface area contributed by atoms with Gasteiger partial charge in [0.15, 0.2) is 0 Å². The van der Waals surface area contributed by atoms with Crippen LogP contribution in [0.5, 0.6) is 0 Å². The maximum absolute atomic E-state index is 12.0. The number of ether oxygens (including phenoxy) is 1. The molecule has 7 nitrogen and oxygen atoms in total. The lowest BCUT2D eigenvalue weighted by Crippen LogP contribution is -2.35. The Morgan fingerprint density at radius 1 is 1.40 bits per heavy atom. The molecule has 1 atom stereocenters. The Bertz CT molecular complexity index is 630. The molecule has 1 aromatic heterocycles. The number of nitrogens with zero attached hydrogens (tertiary/aromatic N) is 3. The number of aliphatic hydroxyl groups is 1. The predicted octanol–water partition coefficient (Wildman–Crippen LogP) is 1.31. The number of piperidine rings is 1. The van der Waals surface area contributed by atoms with Crippen molar-refractivity contribution in [3.8, 4) is 0 Å². The number of hydrogen-bond donors (Lipinski definition) is 1. The third-order valence-corrected chi connectivity index (χ3v) is 5.71. The van der Waals surface area contributed by atoms with Crippen LogP contribution in [-0.2, 0) is 27.7 Å². The molecule has 144 valence electrons. The molecule has 1 fully saturated rings. The predicted molar refractivity (Wildman–Crippen MR) is 96.2 cm³/mol. The van der Waals surface area contributed by atoms with Crippen molar-refractivity contribution in [2.24, 2.45) is 5.92 Å². The van der Waals surface area contributed by atoms with E-state index in [1.54, 1.807) is 13.3 Å². The Kier molecular flexibility index (Phi) is 7.86. The highest BCUT2D eigenvalue weighted by Crippen LogP contribution is 2.23. The van der Waals surface area contributed by atoms with Crippen molar-refractivity contribution in [2.45, 2.75) is 50.4 Å². The molecule has 8 heteroatoms. The molecule has 2 heterocycles. The van der Waals surface area contributed by atoms with Crippen molar-refractivity contribution in [1.82, 2.24) is 14.5 Å². The summed E-state index contributed by atoms with van der Waals surface area (Å²) in [5.74, 6) is 0.611. The fourth-order valence-corrected chi connectivity index (χ4v) is 4.41. The SMILES string of the molecule is COCCCn1c(CN2CCCC(CCCO)C2)cnc1S(C)(=O)=O. The normalized spacial score (nSPS) is 19.4. The summed E-state index contributed by atoms with van der Waals surface area (Å²) < 4.78 is 30.9. The van der Waals surface area contributed by atoms with E-state index in [1.807, 2.05) is 4.57 Å². The molecule has 25 heavy (non-hydrogen) atoms. The van der Waals surface area contributed by atoms with Crippen LogP contribution in [-0.4, -0.2) is 67.6 Å². The molecule has 1 aliphatic rings. The molecule has 1 N–H and O–H groups in total. The van der Waals surface area contributed by atoms with Gasteiger partial charge in [0.05, 0.1) is 11.9 Å². The molecule has 0 radical (unpaired) electrons. The van der Waals surface area contributed by atoms with Crippen LogP contribution in [0.3, 0.4) is 0 Å². The first-order chi connectivity index (χ1) is 12.0. The Labute approximate surface area is 150 Å². The van der Waals surface area contributed by atoms with Crippen molar-refractivity contribution in [1.29, 1.82) is 0 Å². The van der Waals surface area contributed by atoms with Gasteiger partial charge in [0.25, 0.3) is 0 Å². The number of imidazole rings is 1. The summed E-state index contributed by atoms with van der Waals surface area (Å²) in [6.07, 6.45) is 7.91. The van der Waals surface area contributed by atoms with Crippen LogP contribution >= 0.6 is 0 Å². The van der Waals surface area contributed by atoms with Gasteiger partial charge in [-0.15, -0.1) is 0 Å². The minimum atomic E-state index is -3.35. The van der Waals surface area contributed by atoms with Gasteiger partial charge in [-0.05, 0) is 44.6 Å². The van der Waals surface area contributed by atoms with Crippen molar-refractivity contribution >= 4 is 9.84 Å². The largest absolute Gasteiger partial charge is 0.396 e. The van der Waals surface area contributed by atoms with E-state index in [9.17, 15) is 8.42 Å². The fraction of sp³-hybridized carbons (Fsp3) is 0.824. The van der Waals surface area contributed by atoms with Gasteiger partial charge in [-0.25, -0.2) is 13.4 Å². The number of likely N-dealkylation sites (tertiary alicyclic amines) is 1. The van der Waals surface area contributed by atoms with Crippen LogP contribution in [0.1, 0.15) is 37.8 Å². The first-order valence-electron chi connectivity index (χ1n) is 9.02. The van der Waals surface area contributed by atoms with E-state index in [2.05, 4.69) is 9.88 Å². The second-order valence-electron chi connectivity index (χ2n) is 6.91. The van der Waals surface area contributed by atoms with Crippen molar-refractivity contribution in [3.05, 3.63) is 11.9 Å². The molecule has 0 amide bonds. The summed E-state index contributed by atoms with van der Waals surface area (Å²) in [6, 6.07) is 0. The van der Waals surface area contributed by atoms with E-state index < -0.39 is 9.84 Å². The molecule has 2 rings (SSSR count). The summed E-state index contributed by atoms with van der Waals surface area (Å²) in [7, 11) is -1.70. The molecular formula is C17H31N3O4S. The lowest BCUT2D eigenvalue weighted by molar-refractivity contribution is 0.149. The third-order valence-electron chi connectivity index (χ3n) is 4.72. The molecule has 1 unspecified atom stereocenters. The molecule has 0 aliphatic carbocycles. The number of sulfone groups is 1. The maximum atomic E-state index is 12.0. The quantitative estimate of drug-likeness (QED) is 0.623. The first-order valence-corrected chi connectivity index (χ1v) is 10.9. The highest BCUT2D eigenvalue weighted by atomic mass is 32.2. The van der Waals surface area contributed by atoms with E-state index in [0.717, 1.165) is 44.5 Å². The van der Waals surface area contributed by atoms with Gasteiger partial charge >= 0.3 is 0 Å². The molecule has 0 saturated carbocycles. The van der Waals surface area contributed by atoms with Crippen LogP contribution < -0.4 is 0 Å². The number of hydrogen-bond acceptors (Lipinski definition) is 6. The van der Waals surface area contributed by atoms with E-state index in [0.29, 0.717) is 25.6 Å². The van der Waals surface area contributed by atoms with Gasteiger partial charge in [-0.3, -0.25) is 4.90 Å². The molecule has 1 aliphatic heterocycles. The highest BCUT2D eigenvalue weighted by Gasteiger charge is 2.23. The van der Waals surface area contributed by atoms with Crippen LogP contribution in [0.25, 0.3) is 0 Å². The standard InChI is InChI=1S/C17H31N3O4S/c1-24-11-5-9-20-16(12-18-17(20)25(2,22)23)14-19-8-3-6-15(13-19)7-4-10-21/h12,15,21H,3-11,13-14H2,1-2H3. The van der Waals surface area contributed by atoms with E-state index >= 15 is 0 Å². The Morgan fingerprint density at radius 2 is 2.20 bits per heavy atom. The smallest absolute Gasteiger partial charge is 0.227 e. The van der Waals surface area contributed by atoms with Gasteiger partial charge in [0.2, 0.25) is 15.0 Å². The van der Waals surface area contributed by atoms with Crippen molar-refractivity contribution in [2.75, 3.05) is 39.7 Å². The monoisotopic (exact) mass is 373 g/mol. The van der Waals surface area contributed by atoms with Crippen LogP contribution in [0.2, 0.25) is 0 Å². The summed E-state index contributed by atoms with van der Waals surface area (Å²) in [5.41, 5.74) is 0.944. The minimum Gasteiger partial charge on any atom is -0.396 e. The summed E-state index contributed by atoms with van der Waals surface area (Å²) in [4.78, 5) is 6.55. The molecular weight excluding hydrogens is 342 g/mol. The van der Waals surface area contributed by atoms with Gasteiger partial charge in [0.1, 0.15) is 0 Å². The zero-order valence-electron chi connectivity index (χ0n) is 15.4. The number of rotatable bonds is 10. The summed E-state index contributed by atoms with van der Waals surface area (Å²) >= 11 is 0. The Balaban J connectivity index is 2.08. The summed E-state index contributed by atoms with van der Waals surface area (Å²) in [5, 5.41) is 9.17. The van der Waals surface area contributed by atoms with Gasteiger partial charge in [0, 0.05) is 46.2 Å². The lowest BCUT2D eigenvalue weighted by atomic mass is 9.93. The number of methoxy groups -OCH3 is 1. The van der Waals surface area contributed by atoms with E-state index in [1.165, 1.54) is 12.7 Å². The molecule has 0 spiro atoms. The summed E-state index contributed by atoms with van der Waals surface area (Å²) in [6.45, 7) is 4.16. The Morgan fingerprint density at radius 3 is 2.88 bits per heavy atom. The van der Waals surface area contributed by atoms with Crippen molar-refractivity contribution < 1.29 is 18.3 Å². The average Bonchev–Trinajstić information content (AvgIpc) is 2.96. The van der Waals surface area contributed by atoms with Crippen LogP contribution in [0.4, 0.5) is 0 Å². The number of aromatic nitrogens is 2. The topological polar surface area (TPSA) is 84.7 Å².